The Balaban J connectivity index is 1.12. The summed E-state index contributed by atoms with van der Waals surface area (Å²) < 4.78 is 2.37. The number of anilines is 6. The second kappa shape index (κ2) is 15.2. The van der Waals surface area contributed by atoms with Crippen LogP contribution in [0.2, 0.25) is 0 Å². The van der Waals surface area contributed by atoms with E-state index in [0.717, 1.165) is 40.6 Å². The molecule has 0 amide bonds. The molecule has 8 aromatic rings. The van der Waals surface area contributed by atoms with E-state index in [1.165, 1.54) is 55.7 Å². The molecule has 0 fully saturated rings. The van der Waals surface area contributed by atoms with Crippen molar-refractivity contribution in [3.05, 3.63) is 180 Å². The van der Waals surface area contributed by atoms with Crippen LogP contribution >= 0.6 is 0 Å². The molecule has 0 saturated heterocycles. The molecule has 3 heterocycles. The van der Waals surface area contributed by atoms with Gasteiger partial charge in [-0.1, -0.05) is 143 Å². The fourth-order valence-corrected chi connectivity index (χ4v) is 9.19. The van der Waals surface area contributed by atoms with Crippen LogP contribution in [0.5, 0.6) is 0 Å². The molecule has 0 unspecified atom stereocenters. The predicted molar refractivity (Wildman–Crippen MR) is 270 cm³/mol. The van der Waals surface area contributed by atoms with Gasteiger partial charge in [0.25, 0.3) is 0 Å². The summed E-state index contributed by atoms with van der Waals surface area (Å²) in [5.74, 6) is 0.918. The van der Waals surface area contributed by atoms with Crippen LogP contribution in [0.4, 0.5) is 34.1 Å². The van der Waals surface area contributed by atoms with Crippen LogP contribution in [0.1, 0.15) is 104 Å². The zero-order valence-corrected chi connectivity index (χ0v) is 39.4. The van der Waals surface area contributed by atoms with Gasteiger partial charge in [0, 0.05) is 52.2 Å². The van der Waals surface area contributed by atoms with E-state index in [0.29, 0.717) is 0 Å². The first-order chi connectivity index (χ1) is 29.8. The molecule has 6 aromatic carbocycles. The van der Waals surface area contributed by atoms with Crippen molar-refractivity contribution in [1.82, 2.24) is 9.55 Å². The van der Waals surface area contributed by atoms with E-state index in [1.54, 1.807) is 0 Å². The van der Waals surface area contributed by atoms with Gasteiger partial charge in [0.05, 0.1) is 22.4 Å². The van der Waals surface area contributed by atoms with Crippen LogP contribution in [0.3, 0.4) is 0 Å². The maximum atomic E-state index is 5.07. The van der Waals surface area contributed by atoms with Crippen LogP contribution in [0.15, 0.2) is 152 Å². The summed E-state index contributed by atoms with van der Waals surface area (Å²) in [4.78, 5) is 12.3. The first kappa shape index (κ1) is 42.0. The SMILES string of the molecule is CN(c1cccc(N2CN(c3cc(C(C)(C)C)cc(C(C)(C)C)c3)c3ccccc32)c1)c1ccc2c3cc(C(C)(C)C)ccc3n(-c3cc(C(C)(C)c4ccccc4)ccn3)c2c1. The van der Waals surface area contributed by atoms with Crippen LogP contribution in [0.25, 0.3) is 27.6 Å². The second-order valence-corrected chi connectivity index (χ2v) is 21.2. The van der Waals surface area contributed by atoms with Crippen LogP contribution < -0.4 is 14.7 Å². The minimum atomic E-state index is -0.202. The average molecular weight is 830 g/mol. The standard InChI is InChI=1S/C58H63N5/c1-55(2,3)40-25-28-50-49(34-40)48-27-26-45(37-53(48)63(50)54-35-41(29-30-59-54)58(10,11)39-19-14-13-15-20-39)60(12)44-21-18-22-46(36-44)61-38-62(52-24-17-16-23-51(52)61)47-32-42(56(4,5)6)31-43(33-47)57(7,8)9/h13-37H,38H2,1-12H3. The van der Waals surface area contributed by atoms with E-state index in [1.807, 2.05) is 6.20 Å². The maximum Gasteiger partial charge on any atom is 0.137 e. The molecule has 1 aliphatic rings. The molecule has 5 nitrogen and oxygen atoms in total. The number of aromatic nitrogens is 2. The van der Waals surface area contributed by atoms with E-state index in [2.05, 4.69) is 248 Å². The molecule has 63 heavy (non-hydrogen) atoms. The van der Waals surface area contributed by atoms with Gasteiger partial charge >= 0.3 is 0 Å². The van der Waals surface area contributed by atoms with Crippen molar-refractivity contribution in [2.75, 3.05) is 28.4 Å². The van der Waals surface area contributed by atoms with Crippen molar-refractivity contribution < 1.29 is 0 Å². The summed E-state index contributed by atoms with van der Waals surface area (Å²) in [7, 11) is 2.18. The molecule has 0 radical (unpaired) electrons. The fourth-order valence-electron chi connectivity index (χ4n) is 9.19. The van der Waals surface area contributed by atoms with Gasteiger partial charge in [0.2, 0.25) is 0 Å². The minimum Gasteiger partial charge on any atom is -0.344 e. The molecular weight excluding hydrogens is 767 g/mol. The molecular formula is C58H63N5. The Bertz CT molecular complexity index is 2950. The van der Waals surface area contributed by atoms with Gasteiger partial charge in [-0.05, 0) is 123 Å². The van der Waals surface area contributed by atoms with Gasteiger partial charge in [-0.15, -0.1) is 0 Å². The molecule has 0 N–H and O–H groups in total. The van der Waals surface area contributed by atoms with Crippen LogP contribution in [-0.4, -0.2) is 23.3 Å². The highest BCUT2D eigenvalue weighted by Crippen LogP contribution is 2.47. The smallest absolute Gasteiger partial charge is 0.137 e. The third-order valence-electron chi connectivity index (χ3n) is 13.4. The molecule has 320 valence electrons. The molecule has 0 bridgehead atoms. The van der Waals surface area contributed by atoms with Crippen molar-refractivity contribution in [3.8, 4) is 5.82 Å². The molecule has 0 atom stereocenters. The first-order valence-corrected chi connectivity index (χ1v) is 22.5. The number of para-hydroxylation sites is 2. The predicted octanol–water partition coefficient (Wildman–Crippen LogP) is 15.4. The fraction of sp³-hybridized carbons (Fsp3) is 0.293. The highest BCUT2D eigenvalue weighted by molar-refractivity contribution is 6.10. The van der Waals surface area contributed by atoms with Gasteiger partial charge in [0.15, 0.2) is 0 Å². The van der Waals surface area contributed by atoms with Crippen molar-refractivity contribution >= 4 is 55.9 Å². The molecule has 0 aliphatic carbocycles. The lowest BCUT2D eigenvalue weighted by Gasteiger charge is -2.29. The van der Waals surface area contributed by atoms with E-state index >= 15 is 0 Å². The molecule has 9 rings (SSSR count). The lowest BCUT2D eigenvalue weighted by molar-refractivity contribution is 0.568. The number of fused-ring (bicyclic) bond motifs is 4. The Morgan fingerprint density at radius 2 is 1.06 bits per heavy atom. The number of hydrogen-bond donors (Lipinski definition) is 0. The summed E-state index contributed by atoms with van der Waals surface area (Å²) in [6.07, 6.45) is 1.97. The molecule has 5 heteroatoms. The highest BCUT2D eigenvalue weighted by atomic mass is 15.4. The highest BCUT2D eigenvalue weighted by Gasteiger charge is 2.31. The quantitative estimate of drug-likeness (QED) is 0.160. The zero-order chi connectivity index (χ0) is 44.6. The number of nitrogens with zero attached hydrogens (tertiary/aromatic N) is 5. The Hall–Kier alpha value is -6.33. The maximum absolute atomic E-state index is 5.07. The van der Waals surface area contributed by atoms with Crippen molar-refractivity contribution in [1.29, 1.82) is 0 Å². The normalized spacial score (nSPS) is 13.6. The zero-order valence-electron chi connectivity index (χ0n) is 39.4. The molecule has 0 spiro atoms. The van der Waals surface area contributed by atoms with Crippen molar-refractivity contribution in [2.45, 2.75) is 97.8 Å². The lowest BCUT2D eigenvalue weighted by atomic mass is 9.78. The van der Waals surface area contributed by atoms with E-state index in [9.17, 15) is 0 Å². The summed E-state index contributed by atoms with van der Waals surface area (Å²) >= 11 is 0. The summed E-state index contributed by atoms with van der Waals surface area (Å²) in [6.45, 7) is 26.1. The van der Waals surface area contributed by atoms with Crippen molar-refractivity contribution in [3.63, 3.8) is 0 Å². The Morgan fingerprint density at radius 3 is 1.71 bits per heavy atom. The Kier molecular flexibility index (Phi) is 10.1. The second-order valence-electron chi connectivity index (χ2n) is 21.2. The van der Waals surface area contributed by atoms with Gasteiger partial charge in [-0.25, -0.2) is 4.98 Å². The third kappa shape index (κ3) is 7.66. The number of pyridine rings is 1. The van der Waals surface area contributed by atoms with Crippen LogP contribution in [0, 0.1) is 0 Å². The third-order valence-corrected chi connectivity index (χ3v) is 13.4. The van der Waals surface area contributed by atoms with Gasteiger partial charge in [-0.2, -0.15) is 0 Å². The van der Waals surface area contributed by atoms with Gasteiger partial charge in [0.1, 0.15) is 12.5 Å². The number of benzene rings is 6. The van der Waals surface area contributed by atoms with Crippen molar-refractivity contribution in [2.24, 2.45) is 0 Å². The number of hydrogen-bond acceptors (Lipinski definition) is 4. The van der Waals surface area contributed by atoms with E-state index in [-0.39, 0.29) is 21.7 Å². The minimum absolute atomic E-state index is 0.0182. The summed E-state index contributed by atoms with van der Waals surface area (Å²) in [5.41, 5.74) is 15.7. The average Bonchev–Trinajstić information content (AvgIpc) is 3.81. The first-order valence-electron chi connectivity index (χ1n) is 22.5. The lowest BCUT2D eigenvalue weighted by Crippen LogP contribution is -2.25. The van der Waals surface area contributed by atoms with Gasteiger partial charge < -0.3 is 14.7 Å². The monoisotopic (exact) mass is 830 g/mol. The van der Waals surface area contributed by atoms with Crippen LogP contribution in [-0.2, 0) is 21.7 Å². The Morgan fingerprint density at radius 1 is 0.444 bits per heavy atom. The topological polar surface area (TPSA) is 27.5 Å². The largest absolute Gasteiger partial charge is 0.344 e. The summed E-state index contributed by atoms with van der Waals surface area (Å²) in [6, 6.07) is 54.1. The number of rotatable bonds is 7. The molecule has 2 aromatic heterocycles. The Labute approximate surface area is 375 Å². The molecule has 1 aliphatic heterocycles. The van der Waals surface area contributed by atoms with Gasteiger partial charge in [-0.3, -0.25) is 4.57 Å². The molecule has 0 saturated carbocycles. The van der Waals surface area contributed by atoms with E-state index in [4.69, 9.17) is 4.98 Å². The summed E-state index contributed by atoms with van der Waals surface area (Å²) in [5, 5.41) is 2.46. The van der Waals surface area contributed by atoms with E-state index < -0.39 is 0 Å².